The number of nitrogens with one attached hydrogen (secondary N) is 1. The van der Waals surface area contributed by atoms with Crippen LogP contribution in [0.2, 0.25) is 0 Å². The van der Waals surface area contributed by atoms with E-state index in [4.69, 9.17) is 5.26 Å². The minimum absolute atomic E-state index is 0. The fourth-order valence-electron chi connectivity index (χ4n) is 3.01. The number of nitriles is 1. The fourth-order valence-corrected chi connectivity index (χ4v) is 3.01. The average molecular weight is 473 g/mol. The quantitative estimate of drug-likeness (QED) is 0.406. The van der Waals surface area contributed by atoms with E-state index >= 15 is 0 Å². The molecular formula is C19H29FIN5. The Morgan fingerprint density at radius 2 is 2.00 bits per heavy atom. The van der Waals surface area contributed by atoms with Gasteiger partial charge in [0.05, 0.1) is 18.2 Å². The molecule has 0 spiro atoms. The normalized spacial score (nSPS) is 15.5. The summed E-state index contributed by atoms with van der Waals surface area (Å²) in [5, 5.41) is 12.3. The molecule has 0 atom stereocenters. The average Bonchev–Trinajstić information content (AvgIpc) is 2.60. The Morgan fingerprint density at radius 1 is 1.31 bits per heavy atom. The zero-order chi connectivity index (χ0) is 18.2. The van der Waals surface area contributed by atoms with Crippen LogP contribution in [-0.2, 0) is 6.54 Å². The Balaban J connectivity index is 0.00000338. The first kappa shape index (κ1) is 22.6. The molecule has 1 aliphatic heterocycles. The molecule has 26 heavy (non-hydrogen) atoms. The summed E-state index contributed by atoms with van der Waals surface area (Å²) in [5.74, 6) is 1.16. The lowest BCUT2D eigenvalue weighted by Crippen LogP contribution is -2.53. The van der Waals surface area contributed by atoms with Crippen LogP contribution in [0.25, 0.3) is 0 Å². The van der Waals surface area contributed by atoms with E-state index in [0.29, 0.717) is 17.0 Å². The number of hydrogen-bond acceptors (Lipinski definition) is 3. The van der Waals surface area contributed by atoms with Crippen molar-refractivity contribution >= 4 is 29.9 Å². The van der Waals surface area contributed by atoms with Crippen molar-refractivity contribution < 1.29 is 4.39 Å². The van der Waals surface area contributed by atoms with Gasteiger partial charge in [-0.25, -0.2) is 9.38 Å². The molecule has 1 aromatic rings. The van der Waals surface area contributed by atoms with Crippen LogP contribution in [0.3, 0.4) is 0 Å². The van der Waals surface area contributed by atoms with Gasteiger partial charge in [-0.1, -0.05) is 13.8 Å². The lowest BCUT2D eigenvalue weighted by atomic mass is 10.1. The highest BCUT2D eigenvalue weighted by Gasteiger charge is 2.20. The van der Waals surface area contributed by atoms with Gasteiger partial charge in [0.25, 0.3) is 0 Å². The first-order valence-electron chi connectivity index (χ1n) is 8.97. The van der Waals surface area contributed by atoms with E-state index in [1.807, 2.05) is 13.0 Å². The van der Waals surface area contributed by atoms with Crippen LogP contribution in [0.1, 0.15) is 31.9 Å². The van der Waals surface area contributed by atoms with E-state index in [1.54, 1.807) is 6.07 Å². The molecular weight excluding hydrogens is 444 g/mol. The highest BCUT2D eigenvalue weighted by molar-refractivity contribution is 14.0. The second kappa shape index (κ2) is 11.3. The molecule has 0 aliphatic carbocycles. The van der Waals surface area contributed by atoms with Crippen LogP contribution >= 0.6 is 24.0 Å². The monoisotopic (exact) mass is 473 g/mol. The number of aliphatic imine (C=N–C) groups is 1. The molecule has 7 heteroatoms. The first-order valence-corrected chi connectivity index (χ1v) is 8.97. The molecule has 1 heterocycles. The first-order chi connectivity index (χ1) is 12.0. The van der Waals surface area contributed by atoms with Crippen molar-refractivity contribution in [3.63, 3.8) is 0 Å². The Kier molecular flexibility index (Phi) is 9.88. The van der Waals surface area contributed by atoms with Crippen molar-refractivity contribution in [1.29, 1.82) is 5.26 Å². The van der Waals surface area contributed by atoms with Crippen molar-refractivity contribution in [1.82, 2.24) is 15.1 Å². The van der Waals surface area contributed by atoms with Crippen molar-refractivity contribution in [2.45, 2.75) is 27.3 Å². The van der Waals surface area contributed by atoms with Gasteiger partial charge in [-0.3, -0.25) is 4.90 Å². The second-order valence-electron chi connectivity index (χ2n) is 6.77. The lowest BCUT2D eigenvalue weighted by molar-refractivity contribution is 0.164. The number of hydrogen-bond donors (Lipinski definition) is 1. The summed E-state index contributed by atoms with van der Waals surface area (Å²) >= 11 is 0. The maximum Gasteiger partial charge on any atom is 0.194 e. The summed E-state index contributed by atoms with van der Waals surface area (Å²) in [5.41, 5.74) is 0.909. The van der Waals surface area contributed by atoms with Crippen molar-refractivity contribution in [2.24, 2.45) is 10.9 Å². The van der Waals surface area contributed by atoms with Crippen LogP contribution in [0.5, 0.6) is 0 Å². The van der Waals surface area contributed by atoms with E-state index in [2.05, 4.69) is 34.0 Å². The summed E-state index contributed by atoms with van der Waals surface area (Å²) < 4.78 is 13.9. The third-order valence-corrected chi connectivity index (χ3v) is 4.20. The third-order valence-electron chi connectivity index (χ3n) is 4.20. The van der Waals surface area contributed by atoms with E-state index in [0.717, 1.165) is 45.2 Å². The van der Waals surface area contributed by atoms with Gasteiger partial charge in [0.2, 0.25) is 0 Å². The van der Waals surface area contributed by atoms with Gasteiger partial charge in [0, 0.05) is 44.8 Å². The van der Waals surface area contributed by atoms with Gasteiger partial charge in [-0.05, 0) is 31.0 Å². The predicted molar refractivity (Wildman–Crippen MR) is 114 cm³/mol. The molecule has 5 nitrogen and oxygen atoms in total. The van der Waals surface area contributed by atoms with Crippen LogP contribution in [0.4, 0.5) is 4.39 Å². The van der Waals surface area contributed by atoms with Crippen molar-refractivity contribution in [3.8, 4) is 6.07 Å². The molecule has 0 bridgehead atoms. The van der Waals surface area contributed by atoms with Crippen LogP contribution in [-0.4, -0.2) is 55.0 Å². The molecule has 2 rings (SSSR count). The molecule has 1 fully saturated rings. The molecule has 1 aromatic carbocycles. The molecule has 1 N–H and O–H groups in total. The SMILES string of the molecule is CCNC(=NCc1cc(C#N)ccc1F)N1CCN(CC(C)C)CC1.I. The van der Waals surface area contributed by atoms with Gasteiger partial charge in [-0.2, -0.15) is 5.26 Å². The van der Waals surface area contributed by atoms with Gasteiger partial charge in [-0.15, -0.1) is 24.0 Å². The number of benzene rings is 1. The van der Waals surface area contributed by atoms with Gasteiger partial charge >= 0.3 is 0 Å². The number of nitrogens with zero attached hydrogens (tertiary/aromatic N) is 4. The summed E-state index contributed by atoms with van der Waals surface area (Å²) in [6.45, 7) is 12.5. The maximum atomic E-state index is 13.9. The van der Waals surface area contributed by atoms with Gasteiger partial charge in [0.1, 0.15) is 5.82 Å². The van der Waals surface area contributed by atoms with Crippen molar-refractivity contribution in [3.05, 3.63) is 35.1 Å². The fraction of sp³-hybridized carbons (Fsp3) is 0.579. The Bertz CT molecular complexity index is 633. The third kappa shape index (κ3) is 6.72. The molecule has 0 amide bonds. The van der Waals surface area contributed by atoms with Crippen molar-refractivity contribution in [2.75, 3.05) is 39.3 Å². The van der Waals surface area contributed by atoms with Crippen LogP contribution in [0.15, 0.2) is 23.2 Å². The van der Waals surface area contributed by atoms with Gasteiger partial charge < -0.3 is 10.2 Å². The zero-order valence-corrected chi connectivity index (χ0v) is 18.2. The molecule has 0 aromatic heterocycles. The predicted octanol–water partition coefficient (Wildman–Crippen LogP) is 3.05. The standard InChI is InChI=1S/C19H28FN5.HI/c1-4-22-19(25-9-7-24(8-10-25)14-15(2)3)23-13-17-11-16(12-21)5-6-18(17)20;/h5-6,11,15H,4,7-10,13-14H2,1-3H3,(H,22,23);1H. The Labute approximate surface area is 173 Å². The minimum atomic E-state index is -0.319. The van der Waals surface area contributed by atoms with E-state index in [-0.39, 0.29) is 36.3 Å². The van der Waals surface area contributed by atoms with Crippen LogP contribution in [0, 0.1) is 23.1 Å². The molecule has 0 unspecified atom stereocenters. The second-order valence-corrected chi connectivity index (χ2v) is 6.77. The summed E-state index contributed by atoms with van der Waals surface area (Å²) in [6.07, 6.45) is 0. The maximum absolute atomic E-state index is 13.9. The smallest absolute Gasteiger partial charge is 0.194 e. The number of halogens is 2. The van der Waals surface area contributed by atoms with E-state index in [9.17, 15) is 4.39 Å². The molecule has 1 saturated heterocycles. The van der Waals surface area contributed by atoms with E-state index in [1.165, 1.54) is 12.1 Å². The number of piperazine rings is 1. The Morgan fingerprint density at radius 3 is 2.58 bits per heavy atom. The molecule has 144 valence electrons. The molecule has 0 radical (unpaired) electrons. The Hall–Kier alpha value is -1.40. The van der Waals surface area contributed by atoms with Gasteiger partial charge in [0.15, 0.2) is 5.96 Å². The molecule has 0 saturated carbocycles. The number of rotatable bonds is 5. The van der Waals surface area contributed by atoms with E-state index < -0.39 is 0 Å². The highest BCUT2D eigenvalue weighted by atomic mass is 127. The number of guanidine groups is 1. The topological polar surface area (TPSA) is 54.7 Å². The largest absolute Gasteiger partial charge is 0.357 e. The summed E-state index contributed by atoms with van der Waals surface area (Å²) in [4.78, 5) is 9.29. The summed E-state index contributed by atoms with van der Waals surface area (Å²) in [7, 11) is 0. The lowest BCUT2D eigenvalue weighted by Gasteiger charge is -2.37. The molecule has 1 aliphatic rings. The minimum Gasteiger partial charge on any atom is -0.357 e. The highest BCUT2D eigenvalue weighted by Crippen LogP contribution is 2.12. The van der Waals surface area contributed by atoms with Crippen LogP contribution < -0.4 is 5.32 Å². The zero-order valence-electron chi connectivity index (χ0n) is 15.8. The summed E-state index contributed by atoms with van der Waals surface area (Å²) in [6, 6.07) is 6.44.